The van der Waals surface area contributed by atoms with Gasteiger partial charge in [0.2, 0.25) is 0 Å². The molecule has 0 unspecified atom stereocenters. The molecule has 16 heavy (non-hydrogen) atoms. The third kappa shape index (κ3) is 3.14. The fourth-order valence-electron chi connectivity index (χ4n) is 1.56. The molecular formula is C13H21NO2. The van der Waals surface area contributed by atoms with Gasteiger partial charge >= 0.3 is 0 Å². The van der Waals surface area contributed by atoms with E-state index in [9.17, 15) is 0 Å². The predicted octanol–water partition coefficient (Wildman–Crippen LogP) is 2.24. The summed E-state index contributed by atoms with van der Waals surface area (Å²) in [5.74, 6) is 1.70. The maximum Gasteiger partial charge on any atom is 0.125 e. The van der Waals surface area contributed by atoms with Gasteiger partial charge in [-0.3, -0.25) is 0 Å². The molecule has 1 rings (SSSR count). The molecule has 1 aromatic rings. The van der Waals surface area contributed by atoms with Gasteiger partial charge in [0.25, 0.3) is 0 Å². The van der Waals surface area contributed by atoms with E-state index in [1.165, 1.54) is 5.56 Å². The van der Waals surface area contributed by atoms with Gasteiger partial charge in [-0.2, -0.15) is 0 Å². The summed E-state index contributed by atoms with van der Waals surface area (Å²) in [5.41, 5.74) is 1.24. The summed E-state index contributed by atoms with van der Waals surface area (Å²) in [6.45, 7) is 4.33. The van der Waals surface area contributed by atoms with E-state index in [-0.39, 0.29) is 5.54 Å². The zero-order valence-corrected chi connectivity index (χ0v) is 10.8. The van der Waals surface area contributed by atoms with E-state index < -0.39 is 0 Å². The van der Waals surface area contributed by atoms with E-state index in [1.54, 1.807) is 14.2 Å². The molecule has 0 saturated heterocycles. The van der Waals surface area contributed by atoms with Crippen LogP contribution in [0.2, 0.25) is 0 Å². The van der Waals surface area contributed by atoms with Gasteiger partial charge in [-0.15, -0.1) is 0 Å². The van der Waals surface area contributed by atoms with Crippen molar-refractivity contribution in [2.45, 2.75) is 25.8 Å². The number of benzene rings is 1. The lowest BCUT2D eigenvalue weighted by Gasteiger charge is -2.25. The molecule has 3 heteroatoms. The van der Waals surface area contributed by atoms with Crippen molar-refractivity contribution in [1.82, 2.24) is 5.32 Å². The van der Waals surface area contributed by atoms with Gasteiger partial charge in [0, 0.05) is 11.6 Å². The fourth-order valence-corrected chi connectivity index (χ4v) is 1.56. The maximum absolute atomic E-state index is 5.37. The number of nitrogens with one attached hydrogen (secondary N) is 1. The van der Waals surface area contributed by atoms with Crippen LogP contribution < -0.4 is 14.8 Å². The summed E-state index contributed by atoms with van der Waals surface area (Å²) >= 11 is 0. The van der Waals surface area contributed by atoms with Crippen LogP contribution in [-0.2, 0) is 6.42 Å². The van der Waals surface area contributed by atoms with Crippen molar-refractivity contribution in [3.63, 3.8) is 0 Å². The summed E-state index contributed by atoms with van der Waals surface area (Å²) < 4.78 is 10.5. The van der Waals surface area contributed by atoms with Crippen LogP contribution in [0.4, 0.5) is 0 Å². The predicted molar refractivity (Wildman–Crippen MR) is 66.4 cm³/mol. The van der Waals surface area contributed by atoms with Crippen molar-refractivity contribution >= 4 is 0 Å². The molecule has 0 atom stereocenters. The maximum atomic E-state index is 5.37. The second-order valence-electron chi connectivity index (χ2n) is 4.49. The quantitative estimate of drug-likeness (QED) is 0.830. The molecule has 90 valence electrons. The van der Waals surface area contributed by atoms with Crippen LogP contribution >= 0.6 is 0 Å². The summed E-state index contributed by atoms with van der Waals surface area (Å²) in [6.07, 6.45) is 0.913. The number of likely N-dealkylation sites (N-methyl/N-ethyl adjacent to an activating group) is 1. The SMILES string of the molecule is CNC(C)(C)Cc1ccc(OC)cc1OC. The topological polar surface area (TPSA) is 30.5 Å². The monoisotopic (exact) mass is 223 g/mol. The minimum Gasteiger partial charge on any atom is -0.497 e. The first-order valence-corrected chi connectivity index (χ1v) is 5.42. The van der Waals surface area contributed by atoms with E-state index in [0.29, 0.717) is 0 Å². The molecule has 0 saturated carbocycles. The van der Waals surface area contributed by atoms with E-state index in [1.807, 2.05) is 19.2 Å². The van der Waals surface area contributed by atoms with Crippen LogP contribution in [0.25, 0.3) is 0 Å². The molecule has 0 heterocycles. The Morgan fingerprint density at radius 2 is 1.88 bits per heavy atom. The van der Waals surface area contributed by atoms with Crippen LogP contribution in [-0.4, -0.2) is 26.8 Å². The molecule has 1 N–H and O–H groups in total. The Balaban J connectivity index is 2.96. The lowest BCUT2D eigenvalue weighted by atomic mass is 9.94. The van der Waals surface area contributed by atoms with Crippen molar-refractivity contribution in [1.29, 1.82) is 0 Å². The van der Waals surface area contributed by atoms with Gasteiger partial charge in [-0.05, 0) is 38.9 Å². The molecule has 0 amide bonds. The van der Waals surface area contributed by atoms with Crippen LogP contribution in [0.3, 0.4) is 0 Å². The standard InChI is InChI=1S/C13H21NO2/c1-13(2,14-3)9-10-6-7-11(15-4)8-12(10)16-5/h6-8,14H,9H2,1-5H3. The van der Waals surface area contributed by atoms with Crippen LogP contribution in [0.15, 0.2) is 18.2 Å². The van der Waals surface area contributed by atoms with Crippen molar-refractivity contribution in [3.8, 4) is 11.5 Å². The Labute approximate surface area is 97.8 Å². The van der Waals surface area contributed by atoms with Crippen molar-refractivity contribution in [2.24, 2.45) is 0 Å². The van der Waals surface area contributed by atoms with Gasteiger partial charge in [0.1, 0.15) is 11.5 Å². The smallest absolute Gasteiger partial charge is 0.125 e. The average molecular weight is 223 g/mol. The molecule has 3 nitrogen and oxygen atoms in total. The molecule has 1 aromatic carbocycles. The van der Waals surface area contributed by atoms with E-state index in [2.05, 4.69) is 25.2 Å². The summed E-state index contributed by atoms with van der Waals surface area (Å²) in [5, 5.41) is 3.28. The molecule has 0 aromatic heterocycles. The second kappa shape index (κ2) is 5.21. The third-order valence-electron chi connectivity index (χ3n) is 2.80. The van der Waals surface area contributed by atoms with Crippen LogP contribution in [0.1, 0.15) is 19.4 Å². The Hall–Kier alpha value is -1.22. The highest BCUT2D eigenvalue weighted by Crippen LogP contribution is 2.27. The summed E-state index contributed by atoms with van der Waals surface area (Å²) in [7, 11) is 5.31. The first-order valence-electron chi connectivity index (χ1n) is 5.42. The first-order chi connectivity index (χ1) is 7.52. The van der Waals surface area contributed by atoms with Gasteiger partial charge in [0.15, 0.2) is 0 Å². The van der Waals surface area contributed by atoms with Gasteiger partial charge in [-0.1, -0.05) is 6.07 Å². The average Bonchev–Trinajstić information content (AvgIpc) is 2.29. The number of ether oxygens (including phenoxy) is 2. The van der Waals surface area contributed by atoms with Gasteiger partial charge in [0.05, 0.1) is 14.2 Å². The number of hydrogen-bond acceptors (Lipinski definition) is 3. The number of hydrogen-bond donors (Lipinski definition) is 1. The Bertz CT molecular complexity index is 348. The van der Waals surface area contributed by atoms with Crippen LogP contribution in [0, 0.1) is 0 Å². The lowest BCUT2D eigenvalue weighted by Crippen LogP contribution is -2.38. The number of methoxy groups -OCH3 is 2. The molecule has 0 radical (unpaired) electrons. The largest absolute Gasteiger partial charge is 0.497 e. The normalized spacial score (nSPS) is 11.3. The second-order valence-corrected chi connectivity index (χ2v) is 4.49. The minimum absolute atomic E-state index is 0.0574. The van der Waals surface area contributed by atoms with Gasteiger partial charge in [-0.25, -0.2) is 0 Å². The minimum atomic E-state index is 0.0574. The highest BCUT2D eigenvalue weighted by Gasteiger charge is 2.18. The Morgan fingerprint density at radius 3 is 2.38 bits per heavy atom. The molecule has 0 bridgehead atoms. The van der Waals surface area contributed by atoms with Crippen molar-refractivity contribution < 1.29 is 9.47 Å². The zero-order valence-electron chi connectivity index (χ0n) is 10.8. The molecule has 0 aliphatic heterocycles. The van der Waals surface area contributed by atoms with E-state index >= 15 is 0 Å². The molecule has 0 aliphatic rings. The Kier molecular flexibility index (Phi) is 4.19. The molecule has 0 fully saturated rings. The zero-order chi connectivity index (χ0) is 12.2. The summed E-state index contributed by atoms with van der Waals surface area (Å²) in [4.78, 5) is 0. The van der Waals surface area contributed by atoms with Crippen LogP contribution in [0.5, 0.6) is 11.5 Å². The molecule has 0 spiro atoms. The van der Waals surface area contributed by atoms with Crippen molar-refractivity contribution in [3.05, 3.63) is 23.8 Å². The highest BCUT2D eigenvalue weighted by molar-refractivity contribution is 5.41. The summed E-state index contributed by atoms with van der Waals surface area (Å²) in [6, 6.07) is 5.93. The first kappa shape index (κ1) is 12.8. The van der Waals surface area contributed by atoms with Crippen molar-refractivity contribution in [2.75, 3.05) is 21.3 Å². The fraction of sp³-hybridized carbons (Fsp3) is 0.538. The van der Waals surface area contributed by atoms with E-state index in [4.69, 9.17) is 9.47 Å². The number of rotatable bonds is 5. The van der Waals surface area contributed by atoms with E-state index in [0.717, 1.165) is 17.9 Å². The Morgan fingerprint density at radius 1 is 1.19 bits per heavy atom. The molecule has 0 aliphatic carbocycles. The third-order valence-corrected chi connectivity index (χ3v) is 2.80. The van der Waals surface area contributed by atoms with Gasteiger partial charge < -0.3 is 14.8 Å². The molecular weight excluding hydrogens is 202 g/mol. The lowest BCUT2D eigenvalue weighted by molar-refractivity contribution is 0.377. The highest BCUT2D eigenvalue weighted by atomic mass is 16.5.